The Balaban J connectivity index is 1.75. The van der Waals surface area contributed by atoms with Crippen molar-refractivity contribution in [1.82, 2.24) is 14.9 Å². The van der Waals surface area contributed by atoms with Crippen molar-refractivity contribution in [2.45, 2.75) is 66.0 Å². The summed E-state index contributed by atoms with van der Waals surface area (Å²) in [4.78, 5) is 16.5. The lowest BCUT2D eigenvalue weighted by molar-refractivity contribution is -0.575. The van der Waals surface area contributed by atoms with Gasteiger partial charge in [0, 0.05) is 25.6 Å². The standard InChI is InChI=1S/C23H32N4O3/c1-16(2)14-26-20(12-8-9-13-24-22(28)30-23(3,4)5)25-18-15-27(29)19-11-7-6-10-17(19)21(18)26/h6-7,10-11,15-16H,8-9,12-14H2,1-5H3,(H,24,28). The number of hydrogen-bond acceptors (Lipinski definition) is 4. The fourth-order valence-electron chi connectivity index (χ4n) is 3.61. The number of para-hydroxylation sites is 1. The third-order valence-corrected chi connectivity index (χ3v) is 4.75. The molecule has 0 spiro atoms. The van der Waals surface area contributed by atoms with Crippen molar-refractivity contribution in [3.63, 3.8) is 0 Å². The van der Waals surface area contributed by atoms with E-state index in [9.17, 15) is 10.0 Å². The normalized spacial score (nSPS) is 12.1. The van der Waals surface area contributed by atoms with Gasteiger partial charge in [0.15, 0.2) is 5.52 Å². The number of alkyl carbamates (subject to hydrolysis) is 1. The van der Waals surface area contributed by atoms with Crippen molar-refractivity contribution < 1.29 is 14.3 Å². The molecule has 0 aliphatic heterocycles. The molecule has 0 atom stereocenters. The number of hydrogen-bond donors (Lipinski definition) is 1. The number of nitrogens with zero attached hydrogens (tertiary/aromatic N) is 3. The molecule has 7 heteroatoms. The second-order valence-electron chi connectivity index (χ2n) is 9.12. The van der Waals surface area contributed by atoms with Crippen LogP contribution in [0.1, 0.15) is 53.3 Å². The summed E-state index contributed by atoms with van der Waals surface area (Å²) < 4.78 is 8.41. The van der Waals surface area contributed by atoms with Crippen LogP contribution < -0.4 is 10.0 Å². The highest BCUT2D eigenvalue weighted by molar-refractivity contribution is 6.00. The topological polar surface area (TPSA) is 83.1 Å². The fraction of sp³-hybridized carbons (Fsp3) is 0.522. The minimum atomic E-state index is -0.493. The van der Waals surface area contributed by atoms with E-state index >= 15 is 0 Å². The molecule has 30 heavy (non-hydrogen) atoms. The molecule has 3 aromatic rings. The van der Waals surface area contributed by atoms with Gasteiger partial charge in [-0.3, -0.25) is 0 Å². The average molecular weight is 413 g/mol. The van der Waals surface area contributed by atoms with E-state index in [0.717, 1.165) is 52.8 Å². The molecule has 3 rings (SSSR count). The van der Waals surface area contributed by atoms with Crippen LogP contribution in [0.15, 0.2) is 30.5 Å². The van der Waals surface area contributed by atoms with Crippen LogP contribution in [0.5, 0.6) is 0 Å². The average Bonchev–Trinajstić information content (AvgIpc) is 2.97. The van der Waals surface area contributed by atoms with Gasteiger partial charge < -0.3 is 19.8 Å². The number of aromatic nitrogens is 3. The van der Waals surface area contributed by atoms with Gasteiger partial charge in [0.05, 0.1) is 10.9 Å². The molecule has 0 fully saturated rings. The first kappa shape index (κ1) is 21.9. The lowest BCUT2D eigenvalue weighted by Gasteiger charge is -2.19. The summed E-state index contributed by atoms with van der Waals surface area (Å²) in [5.74, 6) is 1.43. The Kier molecular flexibility index (Phi) is 6.48. The SMILES string of the molecule is CC(C)Cn1c(CCCCNC(=O)OC(C)(C)C)nc2c[n+]([O-])c3ccccc3c21. The van der Waals surface area contributed by atoms with Gasteiger partial charge in [-0.05, 0) is 45.6 Å². The van der Waals surface area contributed by atoms with E-state index in [1.54, 1.807) is 6.20 Å². The lowest BCUT2D eigenvalue weighted by Crippen LogP contribution is -2.33. The number of fused-ring (bicyclic) bond motifs is 3. The molecule has 162 valence electrons. The summed E-state index contributed by atoms with van der Waals surface area (Å²) in [6.07, 6.45) is 3.67. The van der Waals surface area contributed by atoms with Crippen LogP contribution in [-0.2, 0) is 17.7 Å². The Labute approximate surface area is 177 Å². The summed E-state index contributed by atoms with van der Waals surface area (Å²) in [5.41, 5.74) is 1.91. The third-order valence-electron chi connectivity index (χ3n) is 4.75. The largest absolute Gasteiger partial charge is 0.618 e. The minimum absolute atomic E-state index is 0.388. The predicted octanol–water partition coefficient (Wildman–Crippen LogP) is 4.33. The van der Waals surface area contributed by atoms with Crippen molar-refractivity contribution in [3.8, 4) is 0 Å². The smallest absolute Gasteiger partial charge is 0.407 e. The molecule has 2 heterocycles. The molecule has 0 saturated heterocycles. The van der Waals surface area contributed by atoms with Crippen molar-refractivity contribution in [3.05, 3.63) is 41.5 Å². The molecule has 0 radical (unpaired) electrons. The van der Waals surface area contributed by atoms with Gasteiger partial charge in [-0.25, -0.2) is 9.78 Å². The van der Waals surface area contributed by atoms with Gasteiger partial charge in [0.1, 0.15) is 11.4 Å². The first-order chi connectivity index (χ1) is 14.2. The van der Waals surface area contributed by atoms with Gasteiger partial charge >= 0.3 is 6.09 Å². The summed E-state index contributed by atoms with van der Waals surface area (Å²) in [6.45, 7) is 11.3. The highest BCUT2D eigenvalue weighted by Crippen LogP contribution is 2.25. The first-order valence-electron chi connectivity index (χ1n) is 10.6. The van der Waals surface area contributed by atoms with E-state index in [1.165, 1.54) is 0 Å². The number of aryl methyl sites for hydroxylation is 1. The number of ether oxygens (including phenoxy) is 1. The van der Waals surface area contributed by atoms with Crippen LogP contribution in [0.2, 0.25) is 0 Å². The van der Waals surface area contributed by atoms with Crippen molar-refractivity contribution in [2.75, 3.05) is 6.54 Å². The zero-order valence-corrected chi connectivity index (χ0v) is 18.6. The highest BCUT2D eigenvalue weighted by atomic mass is 16.6. The quantitative estimate of drug-likeness (QED) is 0.356. The number of nitrogens with one attached hydrogen (secondary N) is 1. The number of imidazole rings is 1. The van der Waals surface area contributed by atoms with Crippen LogP contribution >= 0.6 is 0 Å². The van der Waals surface area contributed by atoms with Gasteiger partial charge in [-0.15, -0.1) is 0 Å². The zero-order valence-electron chi connectivity index (χ0n) is 18.6. The molecule has 1 N–H and O–H groups in total. The van der Waals surface area contributed by atoms with E-state index in [0.29, 0.717) is 18.0 Å². The zero-order chi connectivity index (χ0) is 21.9. The Morgan fingerprint density at radius 2 is 2.00 bits per heavy atom. The maximum absolute atomic E-state index is 12.4. The Bertz CT molecular complexity index is 1030. The van der Waals surface area contributed by atoms with Gasteiger partial charge in [0.2, 0.25) is 11.7 Å². The molecule has 0 unspecified atom stereocenters. The second kappa shape index (κ2) is 8.90. The van der Waals surface area contributed by atoms with Gasteiger partial charge in [-0.2, -0.15) is 4.73 Å². The first-order valence-corrected chi connectivity index (χ1v) is 10.6. The van der Waals surface area contributed by atoms with Crippen LogP contribution in [-0.4, -0.2) is 27.8 Å². The highest BCUT2D eigenvalue weighted by Gasteiger charge is 2.19. The summed E-state index contributed by atoms with van der Waals surface area (Å²) in [5, 5.41) is 16.1. The molecule has 2 aromatic heterocycles. The summed E-state index contributed by atoms with van der Waals surface area (Å²) in [7, 11) is 0. The van der Waals surface area contributed by atoms with Crippen LogP contribution in [0, 0.1) is 11.1 Å². The molecule has 0 saturated carbocycles. The maximum Gasteiger partial charge on any atom is 0.407 e. The van der Waals surface area contributed by atoms with Crippen LogP contribution in [0.25, 0.3) is 21.9 Å². The summed E-state index contributed by atoms with van der Waals surface area (Å²) in [6, 6.07) is 7.66. The molecule has 0 aliphatic rings. The Morgan fingerprint density at radius 3 is 2.70 bits per heavy atom. The maximum atomic E-state index is 12.4. The Morgan fingerprint density at radius 1 is 1.27 bits per heavy atom. The predicted molar refractivity (Wildman–Crippen MR) is 118 cm³/mol. The second-order valence-corrected chi connectivity index (χ2v) is 9.12. The van der Waals surface area contributed by atoms with Crippen LogP contribution in [0.3, 0.4) is 0 Å². The molecule has 0 bridgehead atoms. The van der Waals surface area contributed by atoms with Gasteiger partial charge in [0.25, 0.3) is 0 Å². The van der Waals surface area contributed by atoms with E-state index in [1.807, 2.05) is 45.0 Å². The molecular weight excluding hydrogens is 380 g/mol. The fourth-order valence-corrected chi connectivity index (χ4v) is 3.61. The molecular formula is C23H32N4O3. The van der Waals surface area contributed by atoms with Crippen molar-refractivity contribution in [2.24, 2.45) is 5.92 Å². The third kappa shape index (κ3) is 5.20. The number of amides is 1. The van der Waals surface area contributed by atoms with Crippen molar-refractivity contribution in [1.29, 1.82) is 0 Å². The number of pyridine rings is 1. The van der Waals surface area contributed by atoms with Crippen molar-refractivity contribution >= 4 is 28.0 Å². The molecule has 1 amide bonds. The summed E-state index contributed by atoms with van der Waals surface area (Å²) >= 11 is 0. The minimum Gasteiger partial charge on any atom is -0.618 e. The van der Waals surface area contributed by atoms with E-state index in [4.69, 9.17) is 9.72 Å². The molecule has 7 nitrogen and oxygen atoms in total. The van der Waals surface area contributed by atoms with Gasteiger partial charge in [-0.1, -0.05) is 26.0 Å². The number of unbranched alkanes of at least 4 members (excludes halogenated alkanes) is 1. The van der Waals surface area contributed by atoms with E-state index in [2.05, 4.69) is 23.7 Å². The van der Waals surface area contributed by atoms with E-state index < -0.39 is 5.60 Å². The number of carbonyl (C=O) groups is 1. The number of benzene rings is 1. The van der Waals surface area contributed by atoms with Crippen LogP contribution in [0.4, 0.5) is 4.79 Å². The lowest BCUT2D eigenvalue weighted by atomic mass is 10.1. The Hall–Kier alpha value is -2.83. The number of rotatable bonds is 7. The monoisotopic (exact) mass is 412 g/mol. The number of carbonyl (C=O) groups excluding carboxylic acids is 1. The molecule has 0 aliphatic carbocycles. The molecule has 1 aromatic carbocycles. The van der Waals surface area contributed by atoms with E-state index in [-0.39, 0.29) is 6.09 Å².